The van der Waals surface area contributed by atoms with Gasteiger partial charge in [0.25, 0.3) is 10.0 Å². The lowest BCUT2D eigenvalue weighted by Gasteiger charge is -2.36. The number of thiophene rings is 1. The molecule has 0 bridgehead atoms. The number of aryl methyl sites for hydroxylation is 1. The molecule has 0 spiro atoms. The summed E-state index contributed by atoms with van der Waals surface area (Å²) in [6, 6.07) is 9.77. The summed E-state index contributed by atoms with van der Waals surface area (Å²) in [7, 11) is -3.69. The second-order valence-corrected chi connectivity index (χ2v) is 11.3. The molecule has 1 amide bonds. The molecule has 4 heterocycles. The molecule has 2 aliphatic heterocycles. The molecule has 1 aromatic carbocycles. The average Bonchev–Trinajstić information content (AvgIpc) is 3.48. The van der Waals surface area contributed by atoms with Gasteiger partial charge in [0.15, 0.2) is 0 Å². The van der Waals surface area contributed by atoms with Crippen LogP contribution in [0.3, 0.4) is 0 Å². The Morgan fingerprint density at radius 2 is 2.03 bits per heavy atom. The van der Waals surface area contributed by atoms with Crippen molar-refractivity contribution in [2.45, 2.75) is 36.9 Å². The van der Waals surface area contributed by atoms with Crippen LogP contribution in [0, 0.1) is 12.8 Å². The molecular weight excluding hydrogens is 448 g/mol. The molecule has 0 N–H and O–H groups in total. The Kier molecular flexibility index (Phi) is 5.60. The van der Waals surface area contributed by atoms with Crippen molar-refractivity contribution in [1.29, 1.82) is 0 Å². The number of fused-ring (bicyclic) bond motifs is 1. The number of nitrogens with zero attached hydrogens (tertiary/aromatic N) is 4. The lowest BCUT2D eigenvalue weighted by Crippen LogP contribution is -2.47. The summed E-state index contributed by atoms with van der Waals surface area (Å²) >= 11 is 1.14. The SMILES string of the molecule is Cc1nc(-c2csc(S(=O)(=O)N3CCC[C@H](C(=O)N4CCc5ccccc5C4)C3)c2)no1. The van der Waals surface area contributed by atoms with Gasteiger partial charge in [-0.2, -0.15) is 9.29 Å². The molecular formula is C22H24N4O4S2. The quantitative estimate of drug-likeness (QED) is 0.579. The van der Waals surface area contributed by atoms with Crippen molar-refractivity contribution < 1.29 is 17.7 Å². The molecule has 10 heteroatoms. The Bertz CT molecular complexity index is 1250. The Morgan fingerprint density at radius 3 is 2.81 bits per heavy atom. The van der Waals surface area contributed by atoms with Gasteiger partial charge >= 0.3 is 0 Å². The maximum absolute atomic E-state index is 13.3. The number of hydrogen-bond donors (Lipinski definition) is 0. The summed E-state index contributed by atoms with van der Waals surface area (Å²) < 4.78 is 33.3. The average molecular weight is 473 g/mol. The number of sulfonamides is 1. The van der Waals surface area contributed by atoms with Crippen LogP contribution in [0.2, 0.25) is 0 Å². The number of rotatable bonds is 4. The monoisotopic (exact) mass is 472 g/mol. The van der Waals surface area contributed by atoms with Gasteiger partial charge < -0.3 is 9.42 Å². The fourth-order valence-electron chi connectivity index (χ4n) is 4.42. The first-order valence-electron chi connectivity index (χ1n) is 10.7. The van der Waals surface area contributed by atoms with Crippen LogP contribution in [0.25, 0.3) is 11.4 Å². The maximum Gasteiger partial charge on any atom is 0.252 e. The van der Waals surface area contributed by atoms with E-state index in [1.165, 1.54) is 15.4 Å². The van der Waals surface area contributed by atoms with Crippen LogP contribution in [0.5, 0.6) is 0 Å². The van der Waals surface area contributed by atoms with E-state index >= 15 is 0 Å². The normalized spacial score (nSPS) is 19.7. The molecule has 1 fully saturated rings. The molecule has 8 nitrogen and oxygen atoms in total. The van der Waals surface area contributed by atoms with Crippen molar-refractivity contribution in [3.63, 3.8) is 0 Å². The first kappa shape index (κ1) is 21.3. The van der Waals surface area contributed by atoms with Crippen molar-refractivity contribution in [3.05, 3.63) is 52.7 Å². The Labute approximate surface area is 190 Å². The van der Waals surface area contributed by atoms with Crippen LogP contribution in [0.1, 0.15) is 29.9 Å². The molecule has 2 aromatic heterocycles. The number of amides is 1. The maximum atomic E-state index is 13.3. The Morgan fingerprint density at radius 1 is 1.22 bits per heavy atom. The van der Waals surface area contributed by atoms with Gasteiger partial charge in [-0.1, -0.05) is 29.4 Å². The fraction of sp³-hybridized carbons (Fsp3) is 0.409. The van der Waals surface area contributed by atoms with E-state index in [4.69, 9.17) is 4.52 Å². The predicted molar refractivity (Wildman–Crippen MR) is 119 cm³/mol. The molecule has 3 aromatic rings. The summed E-state index contributed by atoms with van der Waals surface area (Å²) in [6.45, 7) is 3.60. The molecule has 1 atom stereocenters. The number of aromatic nitrogens is 2. The molecule has 32 heavy (non-hydrogen) atoms. The van der Waals surface area contributed by atoms with E-state index in [1.54, 1.807) is 18.4 Å². The van der Waals surface area contributed by atoms with Crippen LogP contribution in [-0.2, 0) is 27.8 Å². The molecule has 0 radical (unpaired) electrons. The van der Waals surface area contributed by atoms with E-state index in [0.717, 1.165) is 17.8 Å². The first-order valence-corrected chi connectivity index (χ1v) is 13.0. The zero-order valence-electron chi connectivity index (χ0n) is 17.7. The Balaban J connectivity index is 1.30. The number of hydrogen-bond acceptors (Lipinski definition) is 7. The van der Waals surface area contributed by atoms with Gasteiger partial charge in [-0.15, -0.1) is 11.3 Å². The highest BCUT2D eigenvalue weighted by atomic mass is 32.2. The number of carbonyl (C=O) groups excluding carboxylic acids is 1. The third-order valence-corrected chi connectivity index (χ3v) is 9.41. The van der Waals surface area contributed by atoms with Gasteiger partial charge in [0, 0.05) is 44.0 Å². The van der Waals surface area contributed by atoms with Crippen molar-refractivity contribution in [2.24, 2.45) is 5.92 Å². The highest BCUT2D eigenvalue weighted by Gasteiger charge is 2.36. The second kappa shape index (κ2) is 8.42. The first-order chi connectivity index (χ1) is 15.4. The summed E-state index contributed by atoms with van der Waals surface area (Å²) in [4.78, 5) is 19.3. The molecule has 0 unspecified atom stereocenters. The largest absolute Gasteiger partial charge is 0.339 e. The molecule has 168 valence electrons. The van der Waals surface area contributed by atoms with Crippen LogP contribution in [0.4, 0.5) is 0 Å². The van der Waals surface area contributed by atoms with E-state index in [-0.39, 0.29) is 22.6 Å². The van der Waals surface area contributed by atoms with Gasteiger partial charge in [0.05, 0.1) is 5.92 Å². The number of benzene rings is 1. The molecule has 5 rings (SSSR count). The molecule has 1 saturated heterocycles. The van der Waals surface area contributed by atoms with Crippen molar-refractivity contribution in [1.82, 2.24) is 19.3 Å². The summed E-state index contributed by atoms with van der Waals surface area (Å²) in [6.07, 6.45) is 2.22. The number of piperidine rings is 1. The minimum Gasteiger partial charge on any atom is -0.339 e. The van der Waals surface area contributed by atoms with E-state index in [0.29, 0.717) is 49.8 Å². The third-order valence-electron chi connectivity index (χ3n) is 6.13. The lowest BCUT2D eigenvalue weighted by molar-refractivity contribution is -0.137. The van der Waals surface area contributed by atoms with Gasteiger partial charge in [0.2, 0.25) is 17.6 Å². The summed E-state index contributed by atoms with van der Waals surface area (Å²) in [5.41, 5.74) is 3.08. The van der Waals surface area contributed by atoms with E-state index < -0.39 is 10.0 Å². The van der Waals surface area contributed by atoms with Crippen LogP contribution in [-0.4, -0.2) is 53.3 Å². The minimum absolute atomic E-state index is 0.0496. The molecule has 0 saturated carbocycles. The van der Waals surface area contributed by atoms with Crippen LogP contribution in [0.15, 0.2) is 44.4 Å². The zero-order chi connectivity index (χ0) is 22.3. The van der Waals surface area contributed by atoms with E-state index in [9.17, 15) is 13.2 Å². The Hall–Kier alpha value is -2.56. The molecule has 0 aliphatic carbocycles. The minimum atomic E-state index is -3.69. The van der Waals surface area contributed by atoms with Gasteiger partial charge in [-0.3, -0.25) is 4.79 Å². The van der Waals surface area contributed by atoms with Crippen LogP contribution >= 0.6 is 11.3 Å². The topological polar surface area (TPSA) is 96.6 Å². The van der Waals surface area contributed by atoms with E-state index in [2.05, 4.69) is 22.3 Å². The molecule has 2 aliphatic rings. The van der Waals surface area contributed by atoms with Gasteiger partial charge in [-0.05, 0) is 36.5 Å². The highest BCUT2D eigenvalue weighted by molar-refractivity contribution is 7.91. The fourth-order valence-corrected chi connectivity index (χ4v) is 7.25. The summed E-state index contributed by atoms with van der Waals surface area (Å²) in [5, 5.41) is 5.58. The van der Waals surface area contributed by atoms with Gasteiger partial charge in [-0.25, -0.2) is 8.42 Å². The standard InChI is InChI=1S/C22H24N4O4S2/c1-15-23-21(24-30-15)19-11-20(31-14-19)32(28,29)26-9-4-7-18(13-26)22(27)25-10-8-16-5-2-3-6-17(16)12-25/h2-3,5-6,11,14,18H,4,7-10,12-13H2,1H3/t18-/m0/s1. The highest BCUT2D eigenvalue weighted by Crippen LogP contribution is 2.32. The summed E-state index contributed by atoms with van der Waals surface area (Å²) in [5.74, 6) is 0.530. The zero-order valence-corrected chi connectivity index (χ0v) is 19.4. The van der Waals surface area contributed by atoms with E-state index in [1.807, 2.05) is 17.0 Å². The van der Waals surface area contributed by atoms with Crippen LogP contribution < -0.4 is 0 Å². The predicted octanol–water partition coefficient (Wildman–Crippen LogP) is 3.09. The number of carbonyl (C=O) groups is 1. The second-order valence-electron chi connectivity index (χ2n) is 8.27. The van der Waals surface area contributed by atoms with Gasteiger partial charge in [0.1, 0.15) is 4.21 Å². The van der Waals surface area contributed by atoms with Crippen molar-refractivity contribution in [3.8, 4) is 11.4 Å². The van der Waals surface area contributed by atoms with Crippen molar-refractivity contribution >= 4 is 27.3 Å². The third kappa shape index (κ3) is 3.98. The lowest BCUT2D eigenvalue weighted by atomic mass is 9.95. The smallest absolute Gasteiger partial charge is 0.252 e. The van der Waals surface area contributed by atoms with Crippen molar-refractivity contribution in [2.75, 3.05) is 19.6 Å².